The largest absolute Gasteiger partial charge is 0.383 e. The first-order valence-electron chi connectivity index (χ1n) is 5.59. The van der Waals surface area contributed by atoms with E-state index >= 15 is 0 Å². The van der Waals surface area contributed by atoms with Crippen LogP contribution in [0.2, 0.25) is 15.1 Å². The van der Waals surface area contributed by atoms with Gasteiger partial charge in [-0.05, 0) is 18.6 Å². The number of hydrogen-bond acceptors (Lipinski definition) is 2. The van der Waals surface area contributed by atoms with Gasteiger partial charge in [0, 0.05) is 0 Å². The maximum Gasteiger partial charge on any atom is 0.253 e. The highest BCUT2D eigenvalue weighted by Gasteiger charge is 2.16. The van der Waals surface area contributed by atoms with Crippen LogP contribution in [0.4, 0.5) is 5.69 Å². The van der Waals surface area contributed by atoms with Crippen molar-refractivity contribution in [2.24, 2.45) is 0 Å². The molecular formula is C12H14Cl3NO2. The molecule has 0 fully saturated rings. The Balaban J connectivity index is 2.72. The summed E-state index contributed by atoms with van der Waals surface area (Å²) in [5.41, 5.74) is 0.339. The van der Waals surface area contributed by atoms with Crippen LogP contribution in [0.1, 0.15) is 26.2 Å². The standard InChI is InChI=1S/C12H14Cl3NO2/c1-2-3-4-11(17)12(18)16-10-6-8(14)7(13)5-9(10)15/h5-6,11,17H,2-4H2,1H3,(H,16,18). The summed E-state index contributed by atoms with van der Waals surface area (Å²) in [7, 11) is 0. The molecule has 0 aliphatic rings. The van der Waals surface area contributed by atoms with E-state index in [9.17, 15) is 9.90 Å². The summed E-state index contributed by atoms with van der Waals surface area (Å²) in [5, 5.41) is 13.0. The van der Waals surface area contributed by atoms with E-state index in [0.717, 1.165) is 12.8 Å². The Hall–Kier alpha value is -0.480. The van der Waals surface area contributed by atoms with Crippen molar-refractivity contribution in [3.8, 4) is 0 Å². The van der Waals surface area contributed by atoms with Crippen LogP contribution in [0.15, 0.2) is 12.1 Å². The number of aliphatic hydroxyl groups is 1. The second kappa shape index (κ2) is 7.19. The minimum atomic E-state index is -1.05. The fourth-order valence-electron chi connectivity index (χ4n) is 1.36. The van der Waals surface area contributed by atoms with E-state index in [1.54, 1.807) is 0 Å². The van der Waals surface area contributed by atoms with Crippen molar-refractivity contribution in [3.63, 3.8) is 0 Å². The molecule has 0 aliphatic carbocycles. The number of carbonyl (C=O) groups excluding carboxylic acids is 1. The highest BCUT2D eigenvalue weighted by Crippen LogP contribution is 2.32. The molecule has 1 rings (SSSR count). The minimum Gasteiger partial charge on any atom is -0.383 e. The topological polar surface area (TPSA) is 49.3 Å². The molecule has 0 bridgehead atoms. The van der Waals surface area contributed by atoms with Crippen molar-refractivity contribution in [1.82, 2.24) is 0 Å². The summed E-state index contributed by atoms with van der Waals surface area (Å²) in [6, 6.07) is 2.90. The van der Waals surface area contributed by atoms with Crippen LogP contribution in [0.3, 0.4) is 0 Å². The highest BCUT2D eigenvalue weighted by atomic mass is 35.5. The van der Waals surface area contributed by atoms with Gasteiger partial charge in [-0.1, -0.05) is 54.6 Å². The predicted molar refractivity (Wildman–Crippen MR) is 75.6 cm³/mol. The van der Waals surface area contributed by atoms with Crippen LogP contribution in [-0.4, -0.2) is 17.1 Å². The van der Waals surface area contributed by atoms with Crippen molar-refractivity contribution in [2.45, 2.75) is 32.3 Å². The van der Waals surface area contributed by atoms with Gasteiger partial charge in [0.05, 0.1) is 20.8 Å². The van der Waals surface area contributed by atoms with Crippen molar-refractivity contribution in [1.29, 1.82) is 0 Å². The summed E-state index contributed by atoms with van der Waals surface area (Å²) in [6.07, 6.45) is 1.07. The molecule has 0 heterocycles. The normalized spacial score (nSPS) is 12.3. The Kier molecular flexibility index (Phi) is 6.22. The Labute approximate surface area is 121 Å². The fourth-order valence-corrected chi connectivity index (χ4v) is 1.96. The average Bonchev–Trinajstić information content (AvgIpc) is 2.32. The van der Waals surface area contributed by atoms with Crippen LogP contribution in [0.5, 0.6) is 0 Å². The summed E-state index contributed by atoms with van der Waals surface area (Å²) < 4.78 is 0. The Morgan fingerprint density at radius 2 is 1.89 bits per heavy atom. The molecule has 0 radical (unpaired) electrons. The maximum atomic E-state index is 11.7. The van der Waals surface area contributed by atoms with Crippen LogP contribution in [0, 0.1) is 0 Å². The van der Waals surface area contributed by atoms with Gasteiger partial charge in [0.1, 0.15) is 6.10 Å². The average molecular weight is 311 g/mol. The van der Waals surface area contributed by atoms with E-state index in [4.69, 9.17) is 34.8 Å². The molecule has 100 valence electrons. The van der Waals surface area contributed by atoms with E-state index in [0.29, 0.717) is 22.2 Å². The molecule has 1 atom stereocenters. The van der Waals surface area contributed by atoms with E-state index in [1.807, 2.05) is 6.92 Å². The zero-order valence-electron chi connectivity index (χ0n) is 9.84. The number of rotatable bonds is 5. The third kappa shape index (κ3) is 4.32. The first kappa shape index (κ1) is 15.6. The summed E-state index contributed by atoms with van der Waals surface area (Å²) in [4.78, 5) is 11.7. The van der Waals surface area contributed by atoms with Crippen LogP contribution in [0.25, 0.3) is 0 Å². The van der Waals surface area contributed by atoms with Gasteiger partial charge in [-0.3, -0.25) is 4.79 Å². The molecule has 1 amide bonds. The summed E-state index contributed by atoms with van der Waals surface area (Å²) in [5.74, 6) is -0.497. The second-order valence-corrected chi connectivity index (χ2v) is 5.12. The van der Waals surface area contributed by atoms with Gasteiger partial charge in [-0.15, -0.1) is 0 Å². The monoisotopic (exact) mass is 309 g/mol. The quantitative estimate of drug-likeness (QED) is 0.803. The van der Waals surface area contributed by atoms with Crippen LogP contribution >= 0.6 is 34.8 Å². The lowest BCUT2D eigenvalue weighted by atomic mass is 10.1. The Bertz CT molecular complexity index is 438. The number of halogens is 3. The second-order valence-electron chi connectivity index (χ2n) is 3.89. The molecule has 0 spiro atoms. The molecule has 0 saturated carbocycles. The molecular weight excluding hydrogens is 296 g/mol. The van der Waals surface area contributed by atoms with Gasteiger partial charge in [0.25, 0.3) is 5.91 Å². The van der Waals surface area contributed by atoms with Gasteiger partial charge >= 0.3 is 0 Å². The fraction of sp³-hybridized carbons (Fsp3) is 0.417. The van der Waals surface area contributed by atoms with Crippen molar-refractivity contribution < 1.29 is 9.90 Å². The van der Waals surface area contributed by atoms with Gasteiger partial charge in [0.15, 0.2) is 0 Å². The van der Waals surface area contributed by atoms with Gasteiger partial charge in [-0.25, -0.2) is 0 Å². The number of nitrogens with one attached hydrogen (secondary N) is 1. The molecule has 3 nitrogen and oxygen atoms in total. The zero-order valence-corrected chi connectivity index (χ0v) is 12.1. The number of hydrogen-bond donors (Lipinski definition) is 2. The molecule has 2 N–H and O–H groups in total. The lowest BCUT2D eigenvalue weighted by molar-refractivity contribution is -0.124. The van der Waals surface area contributed by atoms with Gasteiger partial charge in [-0.2, -0.15) is 0 Å². The highest BCUT2D eigenvalue weighted by molar-refractivity contribution is 6.44. The number of amides is 1. The van der Waals surface area contributed by atoms with Crippen molar-refractivity contribution >= 4 is 46.4 Å². The Morgan fingerprint density at radius 1 is 1.28 bits per heavy atom. The molecule has 18 heavy (non-hydrogen) atoms. The first-order valence-corrected chi connectivity index (χ1v) is 6.72. The van der Waals surface area contributed by atoms with E-state index in [-0.39, 0.29) is 5.02 Å². The molecule has 0 saturated heterocycles. The molecule has 0 aliphatic heterocycles. The maximum absolute atomic E-state index is 11.7. The molecule has 6 heteroatoms. The van der Waals surface area contributed by atoms with E-state index in [1.165, 1.54) is 12.1 Å². The predicted octanol–water partition coefficient (Wildman–Crippen LogP) is 4.14. The Morgan fingerprint density at radius 3 is 2.50 bits per heavy atom. The molecule has 1 aromatic rings. The third-order valence-electron chi connectivity index (χ3n) is 2.40. The summed E-state index contributed by atoms with van der Waals surface area (Å²) in [6.45, 7) is 1.99. The van der Waals surface area contributed by atoms with Crippen LogP contribution in [-0.2, 0) is 4.79 Å². The SMILES string of the molecule is CCCCC(O)C(=O)Nc1cc(Cl)c(Cl)cc1Cl. The van der Waals surface area contributed by atoms with E-state index in [2.05, 4.69) is 5.32 Å². The van der Waals surface area contributed by atoms with Crippen LogP contribution < -0.4 is 5.32 Å². The first-order chi connectivity index (χ1) is 8.45. The summed E-state index contributed by atoms with van der Waals surface area (Å²) >= 11 is 17.5. The number of unbranched alkanes of at least 4 members (excludes halogenated alkanes) is 1. The molecule has 0 aromatic heterocycles. The number of aliphatic hydroxyl groups excluding tert-OH is 1. The minimum absolute atomic E-state index is 0.278. The lowest BCUT2D eigenvalue weighted by Gasteiger charge is -2.12. The lowest BCUT2D eigenvalue weighted by Crippen LogP contribution is -2.27. The smallest absolute Gasteiger partial charge is 0.253 e. The van der Waals surface area contributed by atoms with Crippen molar-refractivity contribution in [3.05, 3.63) is 27.2 Å². The van der Waals surface area contributed by atoms with Gasteiger partial charge < -0.3 is 10.4 Å². The molecule has 1 aromatic carbocycles. The zero-order chi connectivity index (χ0) is 13.7. The van der Waals surface area contributed by atoms with Gasteiger partial charge in [0.2, 0.25) is 0 Å². The third-order valence-corrected chi connectivity index (χ3v) is 3.44. The number of anilines is 1. The van der Waals surface area contributed by atoms with Crippen molar-refractivity contribution in [2.75, 3.05) is 5.32 Å². The molecule has 1 unspecified atom stereocenters. The number of carbonyl (C=O) groups is 1. The van der Waals surface area contributed by atoms with E-state index < -0.39 is 12.0 Å². The number of benzene rings is 1.